The third-order valence-electron chi connectivity index (χ3n) is 2.84. The number of anilines is 1. The molecule has 0 aliphatic carbocycles. The van der Waals surface area contributed by atoms with Crippen molar-refractivity contribution < 1.29 is 24.2 Å². The number of hydrogen-bond donors (Lipinski definition) is 2. The Hall–Kier alpha value is -2.28. The number of ether oxygens (including phenoxy) is 2. The van der Waals surface area contributed by atoms with Crippen molar-refractivity contribution in [2.24, 2.45) is 0 Å². The van der Waals surface area contributed by atoms with Crippen LogP contribution in [0.4, 0.5) is 10.5 Å². The zero-order valence-corrected chi connectivity index (χ0v) is 12.3. The summed E-state index contributed by atoms with van der Waals surface area (Å²) >= 11 is 0. The lowest BCUT2D eigenvalue weighted by molar-refractivity contribution is -0.139. The Kier molecular flexibility index (Phi) is 6.48. The second kappa shape index (κ2) is 8.11. The van der Waals surface area contributed by atoms with Crippen molar-refractivity contribution in [3.05, 3.63) is 24.3 Å². The molecule has 0 spiro atoms. The molecule has 0 fully saturated rings. The molecule has 0 aliphatic rings. The van der Waals surface area contributed by atoms with Crippen LogP contribution in [-0.2, 0) is 9.53 Å². The Labute approximate surface area is 123 Å². The van der Waals surface area contributed by atoms with Crippen LogP contribution in [0.1, 0.15) is 6.92 Å². The number of likely N-dealkylation sites (N-methyl/N-ethyl adjacent to an activating group) is 1. The smallest absolute Gasteiger partial charge is 0.341 e. The first-order valence-corrected chi connectivity index (χ1v) is 6.41. The SMILES string of the molecule is COCC(C)N(C)C(=O)Nc1cccc(OCC(=O)O)c1. The third-order valence-corrected chi connectivity index (χ3v) is 2.84. The van der Waals surface area contributed by atoms with E-state index in [1.54, 1.807) is 38.4 Å². The zero-order valence-electron chi connectivity index (χ0n) is 12.3. The number of aliphatic carboxylic acids is 1. The van der Waals surface area contributed by atoms with Crippen molar-refractivity contribution in [2.45, 2.75) is 13.0 Å². The van der Waals surface area contributed by atoms with Crippen molar-refractivity contribution in [3.63, 3.8) is 0 Å². The normalized spacial score (nSPS) is 11.6. The summed E-state index contributed by atoms with van der Waals surface area (Å²) in [4.78, 5) is 24.0. The van der Waals surface area contributed by atoms with E-state index < -0.39 is 12.6 Å². The standard InChI is InChI=1S/C14H20N2O5/c1-10(8-20-3)16(2)14(19)15-11-5-4-6-12(7-11)21-9-13(17)18/h4-7,10H,8-9H2,1-3H3,(H,15,19)(H,17,18). The van der Waals surface area contributed by atoms with Gasteiger partial charge in [-0.1, -0.05) is 6.07 Å². The number of rotatable bonds is 7. The minimum absolute atomic E-state index is 0.0681. The van der Waals surface area contributed by atoms with Gasteiger partial charge in [-0.3, -0.25) is 0 Å². The topological polar surface area (TPSA) is 88.1 Å². The molecule has 1 unspecified atom stereocenters. The monoisotopic (exact) mass is 296 g/mol. The predicted molar refractivity (Wildman–Crippen MR) is 77.7 cm³/mol. The number of carbonyl (C=O) groups excluding carboxylic acids is 1. The van der Waals surface area contributed by atoms with E-state index in [2.05, 4.69) is 5.32 Å². The van der Waals surface area contributed by atoms with Gasteiger partial charge in [0.2, 0.25) is 0 Å². The highest BCUT2D eigenvalue weighted by Crippen LogP contribution is 2.17. The number of hydrogen-bond acceptors (Lipinski definition) is 4. The Bertz CT molecular complexity index is 492. The number of carboxylic acids is 1. The number of amides is 2. The Morgan fingerprint density at radius 3 is 2.76 bits per heavy atom. The highest BCUT2D eigenvalue weighted by molar-refractivity contribution is 5.89. The molecule has 2 N–H and O–H groups in total. The molecule has 0 aromatic heterocycles. The van der Waals surface area contributed by atoms with E-state index in [0.717, 1.165) is 0 Å². The number of benzene rings is 1. The van der Waals surface area contributed by atoms with Crippen molar-refractivity contribution >= 4 is 17.7 Å². The van der Waals surface area contributed by atoms with Crippen molar-refractivity contribution in [3.8, 4) is 5.75 Å². The summed E-state index contributed by atoms with van der Waals surface area (Å²) in [6.07, 6.45) is 0. The van der Waals surface area contributed by atoms with Gasteiger partial charge < -0.3 is 24.8 Å². The molecule has 116 valence electrons. The van der Waals surface area contributed by atoms with E-state index in [-0.39, 0.29) is 12.1 Å². The largest absolute Gasteiger partial charge is 0.482 e. The summed E-state index contributed by atoms with van der Waals surface area (Å²) in [5.41, 5.74) is 0.527. The van der Waals surface area contributed by atoms with Crippen LogP contribution >= 0.6 is 0 Å². The number of nitrogens with one attached hydrogen (secondary N) is 1. The third kappa shape index (κ3) is 5.70. The van der Waals surface area contributed by atoms with Gasteiger partial charge in [-0.15, -0.1) is 0 Å². The number of carboxylic acid groups (broad SMARTS) is 1. The molecule has 21 heavy (non-hydrogen) atoms. The van der Waals surface area contributed by atoms with Crippen molar-refractivity contribution in [1.82, 2.24) is 4.90 Å². The molecule has 0 saturated heterocycles. The molecule has 0 heterocycles. The molecule has 1 aromatic carbocycles. The fourth-order valence-electron chi connectivity index (χ4n) is 1.57. The lowest BCUT2D eigenvalue weighted by Gasteiger charge is -2.24. The van der Waals surface area contributed by atoms with Gasteiger partial charge in [0.15, 0.2) is 6.61 Å². The molecular formula is C14H20N2O5. The molecule has 0 saturated carbocycles. The molecule has 0 bridgehead atoms. The fourth-order valence-corrected chi connectivity index (χ4v) is 1.57. The highest BCUT2D eigenvalue weighted by Gasteiger charge is 2.15. The average Bonchev–Trinajstić information content (AvgIpc) is 2.45. The average molecular weight is 296 g/mol. The van der Waals surface area contributed by atoms with Gasteiger partial charge in [0.05, 0.1) is 12.6 Å². The molecule has 0 radical (unpaired) electrons. The van der Waals surface area contributed by atoms with Gasteiger partial charge in [-0.2, -0.15) is 0 Å². The molecule has 2 amide bonds. The van der Waals surface area contributed by atoms with Gasteiger partial charge in [0.1, 0.15) is 5.75 Å². The molecule has 7 heteroatoms. The van der Waals surface area contributed by atoms with Crippen LogP contribution in [0.2, 0.25) is 0 Å². The quantitative estimate of drug-likeness (QED) is 0.798. The van der Waals surface area contributed by atoms with E-state index in [0.29, 0.717) is 18.0 Å². The maximum atomic E-state index is 12.0. The summed E-state index contributed by atoms with van der Waals surface area (Å²) in [6.45, 7) is 1.88. The molecule has 1 rings (SSSR count). The van der Waals surface area contributed by atoms with Crippen LogP contribution < -0.4 is 10.1 Å². The van der Waals surface area contributed by atoms with E-state index in [9.17, 15) is 9.59 Å². The number of methoxy groups -OCH3 is 1. The van der Waals surface area contributed by atoms with Crippen molar-refractivity contribution in [1.29, 1.82) is 0 Å². The maximum Gasteiger partial charge on any atom is 0.341 e. The summed E-state index contributed by atoms with van der Waals surface area (Å²) < 4.78 is 10.1. The molecule has 1 atom stereocenters. The van der Waals surface area contributed by atoms with Crippen LogP contribution in [0.25, 0.3) is 0 Å². The minimum atomic E-state index is -1.06. The second-order valence-corrected chi connectivity index (χ2v) is 4.56. The van der Waals surface area contributed by atoms with Gasteiger partial charge in [0, 0.05) is 25.9 Å². The van der Waals surface area contributed by atoms with E-state index in [1.165, 1.54) is 4.90 Å². The molecule has 1 aromatic rings. The first kappa shape index (κ1) is 16.8. The van der Waals surface area contributed by atoms with Gasteiger partial charge in [0.25, 0.3) is 0 Å². The Morgan fingerprint density at radius 1 is 1.43 bits per heavy atom. The zero-order chi connectivity index (χ0) is 15.8. The number of carbonyl (C=O) groups is 2. The van der Waals surface area contributed by atoms with Crippen LogP contribution in [0, 0.1) is 0 Å². The summed E-state index contributed by atoms with van der Waals surface area (Å²) in [5, 5.41) is 11.3. The summed E-state index contributed by atoms with van der Waals surface area (Å²) in [5.74, 6) is -0.680. The van der Waals surface area contributed by atoms with Crippen LogP contribution in [-0.4, -0.2) is 55.4 Å². The molecule has 0 aliphatic heterocycles. The second-order valence-electron chi connectivity index (χ2n) is 4.56. The fraction of sp³-hybridized carbons (Fsp3) is 0.429. The lowest BCUT2D eigenvalue weighted by atomic mass is 10.3. The minimum Gasteiger partial charge on any atom is -0.482 e. The van der Waals surface area contributed by atoms with E-state index >= 15 is 0 Å². The van der Waals surface area contributed by atoms with Crippen molar-refractivity contribution in [2.75, 3.05) is 32.7 Å². The van der Waals surface area contributed by atoms with E-state index in [4.69, 9.17) is 14.6 Å². The lowest BCUT2D eigenvalue weighted by Crippen LogP contribution is -2.40. The molecular weight excluding hydrogens is 276 g/mol. The van der Waals surface area contributed by atoms with Gasteiger partial charge in [-0.05, 0) is 19.1 Å². The Morgan fingerprint density at radius 2 is 2.14 bits per heavy atom. The van der Waals surface area contributed by atoms with Crippen LogP contribution in [0.5, 0.6) is 5.75 Å². The molecule has 7 nitrogen and oxygen atoms in total. The predicted octanol–water partition coefficient (Wildman–Crippen LogP) is 1.65. The van der Waals surface area contributed by atoms with Gasteiger partial charge >= 0.3 is 12.0 Å². The number of nitrogens with zero attached hydrogens (tertiary/aromatic N) is 1. The summed E-state index contributed by atoms with van der Waals surface area (Å²) in [7, 11) is 3.25. The first-order valence-electron chi connectivity index (χ1n) is 6.41. The van der Waals surface area contributed by atoms with Gasteiger partial charge in [-0.25, -0.2) is 9.59 Å². The number of urea groups is 1. The Balaban J connectivity index is 2.63. The van der Waals surface area contributed by atoms with Crippen LogP contribution in [0.3, 0.4) is 0 Å². The highest BCUT2D eigenvalue weighted by atomic mass is 16.5. The van der Waals surface area contributed by atoms with Crippen LogP contribution in [0.15, 0.2) is 24.3 Å². The van der Waals surface area contributed by atoms with E-state index in [1.807, 2.05) is 6.92 Å². The maximum absolute atomic E-state index is 12.0. The first-order chi connectivity index (χ1) is 9.93. The summed E-state index contributed by atoms with van der Waals surface area (Å²) in [6, 6.07) is 6.20.